The molecule has 1 heterocycles. The van der Waals surface area contributed by atoms with E-state index in [0.717, 1.165) is 24.8 Å². The number of amides is 2. The second-order valence-electron chi connectivity index (χ2n) is 6.78. The van der Waals surface area contributed by atoms with Crippen LogP contribution in [0.2, 0.25) is 0 Å². The molecule has 128 valence electrons. The van der Waals surface area contributed by atoms with Crippen LogP contribution in [0.3, 0.4) is 0 Å². The molecule has 5 nitrogen and oxygen atoms in total. The minimum absolute atomic E-state index is 0.0319. The highest BCUT2D eigenvalue weighted by molar-refractivity contribution is 5.95. The summed E-state index contributed by atoms with van der Waals surface area (Å²) in [5.74, 6) is 0.244. The number of urea groups is 1. The van der Waals surface area contributed by atoms with E-state index in [9.17, 15) is 9.59 Å². The first-order valence-electron chi connectivity index (χ1n) is 8.59. The fourth-order valence-electron chi connectivity index (χ4n) is 3.56. The van der Waals surface area contributed by atoms with Gasteiger partial charge in [0.25, 0.3) is 0 Å². The lowest BCUT2D eigenvalue weighted by molar-refractivity contribution is -0.146. The molecule has 1 saturated carbocycles. The topological polar surface area (TPSA) is 67.4 Å². The van der Waals surface area contributed by atoms with Crippen molar-refractivity contribution < 1.29 is 14.3 Å². The van der Waals surface area contributed by atoms with E-state index in [1.165, 1.54) is 6.42 Å². The number of rotatable bonds is 3. The molecule has 5 heteroatoms. The van der Waals surface area contributed by atoms with Crippen LogP contribution in [0.1, 0.15) is 51.1 Å². The molecule has 0 unspecified atom stereocenters. The van der Waals surface area contributed by atoms with Gasteiger partial charge in [-0.3, -0.25) is 0 Å². The maximum Gasteiger partial charge on any atom is 0.338 e. The Morgan fingerprint density at radius 2 is 1.96 bits per heavy atom. The Morgan fingerprint density at radius 1 is 1.21 bits per heavy atom. The third-order valence-corrected chi connectivity index (χ3v) is 4.78. The summed E-state index contributed by atoms with van der Waals surface area (Å²) in [5.41, 5.74) is 1.91. The zero-order valence-corrected chi connectivity index (χ0v) is 14.2. The number of carbonyl (C=O) groups excluding carboxylic acids is 2. The van der Waals surface area contributed by atoms with Crippen molar-refractivity contribution in [2.45, 2.75) is 51.7 Å². The standard InChI is InChI=1S/C19H24N2O3/c1-12-7-6-10-15(11-12)24-18(22)16-13(2)20-19(23)21-17(16)14-8-4-3-5-9-14/h3-5,8-9,12,15,17H,6-7,10-11H2,1-2H3,(H2,20,21,23)/t12-,15-,17+/m1/s1. The zero-order chi connectivity index (χ0) is 17.1. The van der Waals surface area contributed by atoms with Crippen molar-refractivity contribution in [2.24, 2.45) is 5.92 Å². The van der Waals surface area contributed by atoms with Gasteiger partial charge in [0.05, 0.1) is 11.6 Å². The van der Waals surface area contributed by atoms with E-state index >= 15 is 0 Å². The van der Waals surface area contributed by atoms with Gasteiger partial charge >= 0.3 is 12.0 Å². The van der Waals surface area contributed by atoms with Gasteiger partial charge in [-0.15, -0.1) is 0 Å². The molecule has 24 heavy (non-hydrogen) atoms. The van der Waals surface area contributed by atoms with Gasteiger partial charge in [-0.05, 0) is 37.7 Å². The lowest BCUT2D eigenvalue weighted by atomic mass is 9.88. The Labute approximate surface area is 142 Å². The molecular weight excluding hydrogens is 304 g/mol. The van der Waals surface area contributed by atoms with Gasteiger partial charge in [-0.25, -0.2) is 9.59 Å². The van der Waals surface area contributed by atoms with Crippen LogP contribution in [0.5, 0.6) is 0 Å². The molecule has 1 aliphatic carbocycles. The van der Waals surface area contributed by atoms with Gasteiger partial charge in [0, 0.05) is 5.70 Å². The molecule has 2 aliphatic rings. The quantitative estimate of drug-likeness (QED) is 0.835. The Kier molecular flexibility index (Phi) is 4.88. The van der Waals surface area contributed by atoms with Crippen LogP contribution < -0.4 is 10.6 Å². The lowest BCUT2D eigenvalue weighted by Gasteiger charge is -2.31. The maximum atomic E-state index is 12.8. The number of esters is 1. The van der Waals surface area contributed by atoms with Gasteiger partial charge in [0.1, 0.15) is 6.10 Å². The minimum atomic E-state index is -0.478. The molecule has 3 atom stereocenters. The molecule has 0 saturated heterocycles. The van der Waals surface area contributed by atoms with E-state index < -0.39 is 6.04 Å². The van der Waals surface area contributed by atoms with Gasteiger partial charge in [0.2, 0.25) is 0 Å². The van der Waals surface area contributed by atoms with Crippen molar-refractivity contribution in [3.63, 3.8) is 0 Å². The summed E-state index contributed by atoms with van der Waals surface area (Å²) in [6, 6.07) is 8.72. The van der Waals surface area contributed by atoms with Crippen molar-refractivity contribution in [1.82, 2.24) is 10.6 Å². The maximum absolute atomic E-state index is 12.8. The van der Waals surface area contributed by atoms with Crippen molar-refractivity contribution >= 4 is 12.0 Å². The molecule has 1 fully saturated rings. The van der Waals surface area contributed by atoms with E-state index in [-0.39, 0.29) is 18.1 Å². The number of benzene rings is 1. The number of nitrogens with one attached hydrogen (secondary N) is 2. The SMILES string of the molecule is CC1=C(C(=O)O[C@@H]2CCC[C@@H](C)C2)[C@H](c2ccccc2)NC(=O)N1. The largest absolute Gasteiger partial charge is 0.459 e. The number of ether oxygens (including phenoxy) is 1. The molecule has 3 rings (SSSR count). The Hall–Kier alpha value is -2.30. The van der Waals surface area contributed by atoms with Crippen LogP contribution >= 0.6 is 0 Å². The summed E-state index contributed by atoms with van der Waals surface area (Å²) in [6.45, 7) is 3.94. The minimum Gasteiger partial charge on any atom is -0.459 e. The van der Waals surface area contributed by atoms with Crippen molar-refractivity contribution in [3.05, 3.63) is 47.2 Å². The average Bonchev–Trinajstić information content (AvgIpc) is 2.54. The predicted molar refractivity (Wildman–Crippen MR) is 91.1 cm³/mol. The summed E-state index contributed by atoms with van der Waals surface area (Å²) in [7, 11) is 0. The first kappa shape index (κ1) is 16.6. The zero-order valence-electron chi connectivity index (χ0n) is 14.2. The van der Waals surface area contributed by atoms with E-state index in [4.69, 9.17) is 4.74 Å². The molecule has 2 N–H and O–H groups in total. The van der Waals surface area contributed by atoms with Gasteiger partial charge < -0.3 is 15.4 Å². The lowest BCUT2D eigenvalue weighted by Crippen LogP contribution is -2.45. The van der Waals surface area contributed by atoms with E-state index in [1.807, 2.05) is 30.3 Å². The molecule has 2 amide bonds. The number of carbonyl (C=O) groups is 2. The molecule has 1 aliphatic heterocycles. The first-order chi connectivity index (χ1) is 11.5. The number of allylic oxidation sites excluding steroid dienone is 1. The second-order valence-corrected chi connectivity index (χ2v) is 6.78. The summed E-state index contributed by atoms with van der Waals surface area (Å²) in [5, 5.41) is 5.52. The Balaban J connectivity index is 1.83. The molecule has 0 radical (unpaired) electrons. The van der Waals surface area contributed by atoms with E-state index in [0.29, 0.717) is 17.2 Å². The monoisotopic (exact) mass is 328 g/mol. The fraction of sp³-hybridized carbons (Fsp3) is 0.474. The van der Waals surface area contributed by atoms with Crippen molar-refractivity contribution in [2.75, 3.05) is 0 Å². The Bertz CT molecular complexity index is 654. The van der Waals surface area contributed by atoms with Crippen molar-refractivity contribution in [1.29, 1.82) is 0 Å². The van der Waals surface area contributed by atoms with Gasteiger partial charge in [0.15, 0.2) is 0 Å². The summed E-state index contributed by atoms with van der Waals surface area (Å²) in [6.07, 6.45) is 4.08. The predicted octanol–water partition coefficient (Wildman–Crippen LogP) is 3.44. The Morgan fingerprint density at radius 3 is 2.67 bits per heavy atom. The van der Waals surface area contributed by atoms with E-state index in [2.05, 4.69) is 17.6 Å². The van der Waals surface area contributed by atoms with Gasteiger partial charge in [-0.1, -0.05) is 43.7 Å². The fourth-order valence-corrected chi connectivity index (χ4v) is 3.56. The normalized spacial score (nSPS) is 27.2. The average molecular weight is 328 g/mol. The number of hydrogen-bond donors (Lipinski definition) is 2. The van der Waals surface area contributed by atoms with E-state index in [1.54, 1.807) is 6.92 Å². The highest BCUT2D eigenvalue weighted by Crippen LogP contribution is 2.30. The molecule has 0 bridgehead atoms. The molecule has 1 aromatic rings. The molecule has 0 aromatic heterocycles. The third kappa shape index (κ3) is 3.61. The summed E-state index contributed by atoms with van der Waals surface area (Å²) < 4.78 is 5.77. The van der Waals surface area contributed by atoms with Crippen LogP contribution in [0.25, 0.3) is 0 Å². The van der Waals surface area contributed by atoms with Crippen LogP contribution in [-0.4, -0.2) is 18.1 Å². The smallest absolute Gasteiger partial charge is 0.338 e. The molecule has 1 aromatic carbocycles. The van der Waals surface area contributed by atoms with Crippen LogP contribution in [0, 0.1) is 5.92 Å². The van der Waals surface area contributed by atoms with Crippen LogP contribution in [0.4, 0.5) is 4.79 Å². The highest BCUT2D eigenvalue weighted by atomic mass is 16.5. The van der Waals surface area contributed by atoms with Gasteiger partial charge in [-0.2, -0.15) is 0 Å². The molecule has 0 spiro atoms. The first-order valence-corrected chi connectivity index (χ1v) is 8.59. The number of hydrogen-bond acceptors (Lipinski definition) is 3. The highest BCUT2D eigenvalue weighted by Gasteiger charge is 2.33. The summed E-state index contributed by atoms with van der Waals surface area (Å²) >= 11 is 0. The molecular formula is C19H24N2O3. The van der Waals surface area contributed by atoms with Crippen molar-refractivity contribution in [3.8, 4) is 0 Å². The van der Waals surface area contributed by atoms with Crippen LogP contribution in [0.15, 0.2) is 41.6 Å². The second kappa shape index (κ2) is 7.07. The summed E-state index contributed by atoms with van der Waals surface area (Å²) in [4.78, 5) is 24.7. The third-order valence-electron chi connectivity index (χ3n) is 4.78. The van der Waals surface area contributed by atoms with Crippen LogP contribution in [-0.2, 0) is 9.53 Å².